The van der Waals surface area contributed by atoms with Crippen LogP contribution in [0.1, 0.15) is 53.2 Å². The fourth-order valence-electron chi connectivity index (χ4n) is 1.76. The Morgan fingerprint density at radius 2 is 1.41 bits per heavy atom. The van der Waals surface area contributed by atoms with Crippen LogP contribution in [-0.2, 0) is 0 Å². The average molecular weight is 320 g/mol. The zero-order chi connectivity index (χ0) is 17.3. The Kier molecular flexibility index (Phi) is 5.07. The predicted molar refractivity (Wildman–Crippen MR) is 78.2 cm³/mol. The van der Waals surface area contributed by atoms with Crippen LogP contribution < -0.4 is 9.47 Å². The number of benzene rings is 1. The van der Waals surface area contributed by atoms with Gasteiger partial charge < -0.3 is 14.6 Å². The molecule has 0 bridgehead atoms. The Bertz CT molecular complexity index is 511. The molecule has 0 aliphatic heterocycles. The van der Waals surface area contributed by atoms with Gasteiger partial charge in [-0.1, -0.05) is 0 Å². The smallest absolute Gasteiger partial charge is 0.418 e. The second-order valence-corrected chi connectivity index (χ2v) is 7.07. The van der Waals surface area contributed by atoms with Crippen LogP contribution in [0, 0.1) is 0 Å². The highest BCUT2D eigenvalue weighted by atomic mass is 19.4. The van der Waals surface area contributed by atoms with Crippen molar-refractivity contribution in [2.24, 2.45) is 0 Å². The predicted octanol–water partition coefficient (Wildman–Crippen LogP) is 4.64. The first-order valence-corrected chi connectivity index (χ1v) is 6.96. The van der Waals surface area contributed by atoms with Crippen LogP contribution in [0.3, 0.4) is 0 Å². The highest BCUT2D eigenvalue weighted by molar-refractivity contribution is 5.42. The van der Waals surface area contributed by atoms with E-state index in [1.165, 1.54) is 18.2 Å². The minimum Gasteiger partial charge on any atom is -0.488 e. The van der Waals surface area contributed by atoms with Gasteiger partial charge in [0.05, 0.1) is 0 Å². The third-order valence-electron chi connectivity index (χ3n) is 2.43. The molecule has 0 spiro atoms. The topological polar surface area (TPSA) is 38.7 Å². The van der Waals surface area contributed by atoms with Crippen LogP contribution >= 0.6 is 0 Å². The molecule has 22 heavy (non-hydrogen) atoms. The number of hydrogen-bond acceptors (Lipinski definition) is 3. The average Bonchev–Trinajstić information content (AvgIpc) is 2.25. The van der Waals surface area contributed by atoms with E-state index in [-0.39, 0.29) is 17.1 Å². The standard InChI is InChI=1S/C16H23F3O3/c1-14(2,3)21-10-7-8-12(22-15(4,5)6)11(9-10)13(20)16(17,18)19/h7-9,13,20H,1-6H3. The van der Waals surface area contributed by atoms with Crippen molar-refractivity contribution in [3.8, 4) is 11.5 Å². The van der Waals surface area contributed by atoms with E-state index in [0.29, 0.717) is 0 Å². The highest BCUT2D eigenvalue weighted by Gasteiger charge is 2.41. The fourth-order valence-corrected chi connectivity index (χ4v) is 1.76. The van der Waals surface area contributed by atoms with Gasteiger partial charge in [0, 0.05) is 5.56 Å². The summed E-state index contributed by atoms with van der Waals surface area (Å²) in [5.74, 6) is 0.227. The van der Waals surface area contributed by atoms with E-state index < -0.39 is 23.5 Å². The Labute approximate surface area is 129 Å². The SMILES string of the molecule is CC(C)(C)Oc1ccc(OC(C)(C)C)c(C(O)C(F)(F)F)c1. The van der Waals surface area contributed by atoms with Gasteiger partial charge in [-0.25, -0.2) is 0 Å². The summed E-state index contributed by atoms with van der Waals surface area (Å²) in [4.78, 5) is 0. The number of halogens is 3. The number of ether oxygens (including phenoxy) is 2. The number of rotatable bonds is 3. The van der Waals surface area contributed by atoms with Crippen LogP contribution in [0.4, 0.5) is 13.2 Å². The van der Waals surface area contributed by atoms with Gasteiger partial charge in [-0.3, -0.25) is 0 Å². The molecule has 1 aromatic carbocycles. The summed E-state index contributed by atoms with van der Waals surface area (Å²) in [5, 5.41) is 9.60. The first-order chi connectivity index (χ1) is 9.69. The van der Waals surface area contributed by atoms with Crippen molar-refractivity contribution in [1.29, 1.82) is 0 Å². The van der Waals surface area contributed by atoms with E-state index in [2.05, 4.69) is 0 Å². The Balaban J connectivity index is 3.28. The van der Waals surface area contributed by atoms with Crippen LogP contribution in [0.25, 0.3) is 0 Å². The zero-order valence-corrected chi connectivity index (χ0v) is 13.7. The number of hydrogen-bond donors (Lipinski definition) is 1. The lowest BCUT2D eigenvalue weighted by Crippen LogP contribution is -2.27. The zero-order valence-electron chi connectivity index (χ0n) is 13.7. The molecule has 1 rings (SSSR count). The molecule has 0 fully saturated rings. The Morgan fingerprint density at radius 1 is 0.909 bits per heavy atom. The van der Waals surface area contributed by atoms with E-state index in [4.69, 9.17) is 9.47 Å². The minimum atomic E-state index is -4.78. The van der Waals surface area contributed by atoms with Gasteiger partial charge in [0.2, 0.25) is 0 Å². The van der Waals surface area contributed by atoms with Crippen molar-refractivity contribution >= 4 is 0 Å². The lowest BCUT2D eigenvalue weighted by atomic mass is 10.1. The molecular formula is C16H23F3O3. The first kappa shape index (κ1) is 18.6. The van der Waals surface area contributed by atoms with Crippen LogP contribution in [0.15, 0.2) is 18.2 Å². The van der Waals surface area contributed by atoms with Crippen molar-refractivity contribution < 1.29 is 27.8 Å². The summed E-state index contributed by atoms with van der Waals surface area (Å²) in [6.07, 6.45) is -7.41. The van der Waals surface area contributed by atoms with Crippen LogP contribution in [-0.4, -0.2) is 22.5 Å². The summed E-state index contributed by atoms with van der Waals surface area (Å²) in [5.41, 5.74) is -1.61. The third kappa shape index (κ3) is 5.75. The number of alkyl halides is 3. The third-order valence-corrected chi connectivity index (χ3v) is 2.43. The van der Waals surface area contributed by atoms with Gasteiger partial charge >= 0.3 is 6.18 Å². The molecule has 0 saturated heterocycles. The van der Waals surface area contributed by atoms with Gasteiger partial charge in [0.25, 0.3) is 0 Å². The number of aliphatic hydroxyl groups excluding tert-OH is 1. The second-order valence-electron chi connectivity index (χ2n) is 7.07. The van der Waals surface area contributed by atoms with Crippen molar-refractivity contribution in [3.05, 3.63) is 23.8 Å². The molecule has 0 heterocycles. The molecule has 3 nitrogen and oxygen atoms in total. The Morgan fingerprint density at radius 3 is 1.82 bits per heavy atom. The second kappa shape index (κ2) is 5.99. The molecule has 6 heteroatoms. The monoisotopic (exact) mass is 320 g/mol. The maximum absolute atomic E-state index is 12.9. The summed E-state index contributed by atoms with van der Waals surface area (Å²) in [6.45, 7) is 10.5. The van der Waals surface area contributed by atoms with Crippen LogP contribution in [0.2, 0.25) is 0 Å². The van der Waals surface area contributed by atoms with E-state index in [1.54, 1.807) is 41.5 Å². The van der Waals surface area contributed by atoms with Gasteiger partial charge in [0.15, 0.2) is 6.10 Å². The molecule has 0 aliphatic carbocycles. The normalized spacial score (nSPS) is 14.6. The quantitative estimate of drug-likeness (QED) is 0.882. The molecule has 1 aromatic rings. The molecule has 0 saturated carbocycles. The molecule has 0 radical (unpaired) electrons. The van der Waals surface area contributed by atoms with Crippen molar-refractivity contribution in [3.63, 3.8) is 0 Å². The van der Waals surface area contributed by atoms with E-state index in [0.717, 1.165) is 0 Å². The van der Waals surface area contributed by atoms with Crippen molar-refractivity contribution in [2.45, 2.75) is 65.0 Å². The summed E-state index contributed by atoms with van der Waals surface area (Å²) in [6, 6.07) is 4.08. The van der Waals surface area contributed by atoms with Gasteiger partial charge in [-0.15, -0.1) is 0 Å². The molecule has 0 amide bonds. The molecular weight excluding hydrogens is 297 g/mol. The molecule has 1 unspecified atom stereocenters. The maximum atomic E-state index is 12.9. The number of aliphatic hydroxyl groups is 1. The van der Waals surface area contributed by atoms with Crippen LogP contribution in [0.5, 0.6) is 11.5 Å². The molecule has 126 valence electrons. The summed E-state index contributed by atoms with van der Waals surface area (Å²) >= 11 is 0. The van der Waals surface area contributed by atoms with E-state index in [1.807, 2.05) is 0 Å². The lowest BCUT2D eigenvalue weighted by Gasteiger charge is -2.27. The Hall–Kier alpha value is -1.43. The first-order valence-electron chi connectivity index (χ1n) is 6.96. The van der Waals surface area contributed by atoms with E-state index in [9.17, 15) is 18.3 Å². The lowest BCUT2D eigenvalue weighted by molar-refractivity contribution is -0.207. The fraction of sp³-hybridized carbons (Fsp3) is 0.625. The van der Waals surface area contributed by atoms with Crippen molar-refractivity contribution in [2.75, 3.05) is 0 Å². The molecule has 1 N–H and O–H groups in total. The maximum Gasteiger partial charge on any atom is 0.418 e. The molecule has 0 aromatic heterocycles. The summed E-state index contributed by atoms with van der Waals surface area (Å²) in [7, 11) is 0. The molecule has 0 aliphatic rings. The van der Waals surface area contributed by atoms with Gasteiger partial charge in [-0.2, -0.15) is 13.2 Å². The minimum absolute atomic E-state index is 0.0152. The molecule has 1 atom stereocenters. The van der Waals surface area contributed by atoms with Crippen molar-refractivity contribution in [1.82, 2.24) is 0 Å². The van der Waals surface area contributed by atoms with Gasteiger partial charge in [0.1, 0.15) is 22.7 Å². The van der Waals surface area contributed by atoms with E-state index >= 15 is 0 Å². The largest absolute Gasteiger partial charge is 0.488 e. The highest BCUT2D eigenvalue weighted by Crippen LogP contribution is 2.40. The summed E-state index contributed by atoms with van der Waals surface area (Å²) < 4.78 is 49.7. The van der Waals surface area contributed by atoms with Gasteiger partial charge in [-0.05, 0) is 59.7 Å².